The average molecular weight is 564 g/mol. The monoisotopic (exact) mass is 562 g/mol. The minimum atomic E-state index is -0.762. The summed E-state index contributed by atoms with van der Waals surface area (Å²) in [7, 11) is 1.55. The molecule has 0 aliphatic carbocycles. The molecule has 0 aliphatic rings. The number of likely N-dealkylation sites (N-methyl/N-ethyl adjacent to an activating group) is 1. The van der Waals surface area contributed by atoms with Crippen molar-refractivity contribution in [3.05, 3.63) is 97.9 Å². The van der Waals surface area contributed by atoms with Gasteiger partial charge in [0, 0.05) is 34.5 Å². The summed E-state index contributed by atoms with van der Waals surface area (Å²) in [5, 5.41) is 3.60. The number of hydrogen-bond donors (Lipinski definition) is 1. The molecule has 0 heterocycles. The van der Waals surface area contributed by atoms with E-state index >= 15 is 0 Å². The van der Waals surface area contributed by atoms with Gasteiger partial charge in [0.1, 0.15) is 11.8 Å². The van der Waals surface area contributed by atoms with E-state index in [0.29, 0.717) is 27.8 Å². The first-order chi connectivity index (χ1) is 16.3. The summed E-state index contributed by atoms with van der Waals surface area (Å²) in [6, 6.07) is 19.4. The van der Waals surface area contributed by atoms with E-state index in [-0.39, 0.29) is 25.0 Å². The molecular weight excluding hydrogens is 539 g/mol. The Bertz CT molecular complexity index is 1160. The van der Waals surface area contributed by atoms with Gasteiger partial charge in [-0.05, 0) is 53.9 Å². The van der Waals surface area contributed by atoms with Crippen LogP contribution in [0.15, 0.2) is 71.2 Å². The number of hydrogen-bond acceptors (Lipinski definition) is 3. The molecule has 178 valence electrons. The van der Waals surface area contributed by atoms with Gasteiger partial charge in [-0.15, -0.1) is 0 Å². The van der Waals surface area contributed by atoms with E-state index in [1.807, 2.05) is 49.4 Å². The average Bonchev–Trinajstić information content (AvgIpc) is 2.83. The van der Waals surface area contributed by atoms with Crippen molar-refractivity contribution in [2.24, 2.45) is 0 Å². The summed E-state index contributed by atoms with van der Waals surface area (Å²) in [5.74, 6) is -0.0454. The van der Waals surface area contributed by atoms with Crippen molar-refractivity contribution < 1.29 is 14.3 Å². The fourth-order valence-corrected chi connectivity index (χ4v) is 4.20. The van der Waals surface area contributed by atoms with Gasteiger partial charge >= 0.3 is 0 Å². The van der Waals surface area contributed by atoms with Gasteiger partial charge in [-0.3, -0.25) is 9.59 Å². The third-order valence-corrected chi connectivity index (χ3v) is 6.84. The zero-order chi connectivity index (χ0) is 24.7. The van der Waals surface area contributed by atoms with Crippen LogP contribution in [0.2, 0.25) is 10.0 Å². The van der Waals surface area contributed by atoms with Gasteiger partial charge in [-0.1, -0.05) is 75.5 Å². The normalized spacial score (nSPS) is 11.6. The summed E-state index contributed by atoms with van der Waals surface area (Å²) < 4.78 is 6.74. The van der Waals surface area contributed by atoms with Gasteiger partial charge < -0.3 is 15.0 Å². The predicted molar refractivity (Wildman–Crippen MR) is 139 cm³/mol. The number of carbonyl (C=O) groups excluding carboxylic acids is 2. The number of carbonyl (C=O) groups is 2. The third kappa shape index (κ3) is 6.98. The molecule has 3 aromatic carbocycles. The molecule has 1 atom stereocenters. The molecule has 3 aromatic rings. The highest BCUT2D eigenvalue weighted by Gasteiger charge is 2.30. The van der Waals surface area contributed by atoms with Crippen molar-refractivity contribution in [2.75, 3.05) is 13.7 Å². The number of ether oxygens (including phenoxy) is 1. The first kappa shape index (κ1) is 26.1. The Morgan fingerprint density at radius 2 is 1.79 bits per heavy atom. The lowest BCUT2D eigenvalue weighted by Gasteiger charge is -2.31. The van der Waals surface area contributed by atoms with Crippen molar-refractivity contribution in [3.63, 3.8) is 0 Å². The minimum Gasteiger partial charge on any atom is -0.484 e. The van der Waals surface area contributed by atoms with Crippen LogP contribution in [0.25, 0.3) is 0 Å². The lowest BCUT2D eigenvalue weighted by atomic mass is 10.0. The zero-order valence-corrected chi connectivity index (χ0v) is 22.0. The molecule has 5 nitrogen and oxygen atoms in total. The van der Waals surface area contributed by atoms with Gasteiger partial charge in [-0.25, -0.2) is 0 Å². The molecule has 2 amide bonds. The highest BCUT2D eigenvalue weighted by Crippen LogP contribution is 2.25. The van der Waals surface area contributed by atoms with Crippen LogP contribution in [-0.4, -0.2) is 36.4 Å². The number of benzene rings is 3. The van der Waals surface area contributed by atoms with E-state index < -0.39 is 6.04 Å². The maximum Gasteiger partial charge on any atom is 0.261 e. The second kappa shape index (κ2) is 12.2. The number of rotatable bonds is 9. The predicted octanol–water partition coefficient (Wildman–Crippen LogP) is 5.83. The summed E-state index contributed by atoms with van der Waals surface area (Å²) in [6.45, 7) is 1.84. The fourth-order valence-electron chi connectivity index (χ4n) is 3.49. The lowest BCUT2D eigenvalue weighted by molar-refractivity contribution is -0.142. The Hall–Kier alpha value is -2.54. The largest absolute Gasteiger partial charge is 0.484 e. The molecule has 0 unspecified atom stereocenters. The SMILES string of the molecule is CNC(=O)[C@@H](Cc1ccccc1)N(Cc1ccc(Cl)cc1Cl)C(=O)COc1ccc(Br)c(C)c1. The quantitative estimate of drug-likeness (QED) is 0.356. The van der Waals surface area contributed by atoms with Gasteiger partial charge in [0.2, 0.25) is 5.91 Å². The van der Waals surface area contributed by atoms with E-state index in [9.17, 15) is 9.59 Å². The molecule has 0 saturated heterocycles. The van der Waals surface area contributed by atoms with Gasteiger partial charge in [-0.2, -0.15) is 0 Å². The Labute approximate surface area is 218 Å². The molecular formula is C26H25BrCl2N2O3. The Morgan fingerprint density at radius 3 is 2.44 bits per heavy atom. The topological polar surface area (TPSA) is 58.6 Å². The first-order valence-electron chi connectivity index (χ1n) is 10.7. The maximum atomic E-state index is 13.4. The molecule has 34 heavy (non-hydrogen) atoms. The third-order valence-electron chi connectivity index (χ3n) is 5.37. The van der Waals surface area contributed by atoms with E-state index in [4.69, 9.17) is 27.9 Å². The maximum absolute atomic E-state index is 13.4. The van der Waals surface area contributed by atoms with E-state index in [2.05, 4.69) is 21.2 Å². The summed E-state index contributed by atoms with van der Waals surface area (Å²) >= 11 is 15.9. The molecule has 0 aliphatic heterocycles. The number of aryl methyl sites for hydroxylation is 1. The molecule has 8 heteroatoms. The van der Waals surface area contributed by atoms with Crippen LogP contribution in [0, 0.1) is 6.92 Å². The van der Waals surface area contributed by atoms with Crippen molar-refractivity contribution in [3.8, 4) is 5.75 Å². The standard InChI is InChI=1S/C26H25BrCl2N2O3/c1-17-12-21(10-11-22(17)27)34-16-25(32)31(15-19-8-9-20(28)14-23(19)29)24(26(33)30-2)13-18-6-4-3-5-7-18/h3-12,14,24H,13,15-16H2,1-2H3,(H,30,33)/t24-/m1/s1. The van der Waals surface area contributed by atoms with Crippen molar-refractivity contribution in [1.82, 2.24) is 10.2 Å². The summed E-state index contributed by atoms with van der Waals surface area (Å²) in [4.78, 5) is 27.9. The van der Waals surface area contributed by atoms with E-state index in [1.165, 1.54) is 4.90 Å². The number of nitrogens with zero attached hydrogens (tertiary/aromatic N) is 1. The Morgan fingerprint density at radius 1 is 1.06 bits per heavy atom. The van der Waals surface area contributed by atoms with Crippen LogP contribution >= 0.6 is 39.1 Å². The smallest absolute Gasteiger partial charge is 0.261 e. The second-order valence-corrected chi connectivity index (χ2v) is 9.47. The van der Waals surface area contributed by atoms with E-state index in [0.717, 1.165) is 15.6 Å². The molecule has 1 N–H and O–H groups in total. The fraction of sp³-hybridized carbons (Fsp3) is 0.231. The Kier molecular flexibility index (Phi) is 9.39. The number of nitrogens with one attached hydrogen (secondary N) is 1. The zero-order valence-electron chi connectivity index (χ0n) is 18.9. The first-order valence-corrected chi connectivity index (χ1v) is 12.2. The van der Waals surface area contributed by atoms with Crippen molar-refractivity contribution in [2.45, 2.75) is 25.9 Å². The molecule has 0 spiro atoms. The Balaban J connectivity index is 1.90. The molecule has 0 saturated carbocycles. The minimum absolute atomic E-state index is 0.127. The van der Waals surface area contributed by atoms with Crippen molar-refractivity contribution >= 4 is 50.9 Å². The second-order valence-electron chi connectivity index (χ2n) is 7.78. The van der Waals surface area contributed by atoms with Gasteiger partial charge in [0.25, 0.3) is 5.91 Å². The van der Waals surface area contributed by atoms with Crippen LogP contribution in [0.4, 0.5) is 0 Å². The summed E-state index contributed by atoms with van der Waals surface area (Å²) in [5.41, 5.74) is 2.60. The van der Waals surface area contributed by atoms with Crippen LogP contribution in [-0.2, 0) is 22.6 Å². The van der Waals surface area contributed by atoms with Crippen LogP contribution in [0.1, 0.15) is 16.7 Å². The molecule has 0 fully saturated rings. The van der Waals surface area contributed by atoms with E-state index in [1.54, 1.807) is 31.3 Å². The van der Waals surface area contributed by atoms with Gasteiger partial charge in [0.15, 0.2) is 6.61 Å². The lowest BCUT2D eigenvalue weighted by Crippen LogP contribution is -2.51. The highest BCUT2D eigenvalue weighted by atomic mass is 79.9. The van der Waals surface area contributed by atoms with Gasteiger partial charge in [0.05, 0.1) is 0 Å². The number of amides is 2. The van der Waals surface area contributed by atoms with Crippen LogP contribution in [0.5, 0.6) is 5.75 Å². The van der Waals surface area contributed by atoms with Crippen LogP contribution in [0.3, 0.4) is 0 Å². The summed E-state index contributed by atoms with van der Waals surface area (Å²) in [6.07, 6.45) is 0.342. The molecule has 0 bridgehead atoms. The molecule has 0 radical (unpaired) electrons. The highest BCUT2D eigenvalue weighted by molar-refractivity contribution is 9.10. The number of halogens is 3. The van der Waals surface area contributed by atoms with Crippen LogP contribution < -0.4 is 10.1 Å². The molecule has 3 rings (SSSR count). The molecule has 0 aromatic heterocycles. The van der Waals surface area contributed by atoms with Crippen molar-refractivity contribution in [1.29, 1.82) is 0 Å².